The second-order valence-corrected chi connectivity index (χ2v) is 6.10. The van der Waals surface area contributed by atoms with E-state index in [0.29, 0.717) is 12.5 Å². The predicted octanol–water partition coefficient (Wildman–Crippen LogP) is 2.40. The summed E-state index contributed by atoms with van der Waals surface area (Å²) in [4.78, 5) is 14.6. The van der Waals surface area contributed by atoms with E-state index < -0.39 is 0 Å². The van der Waals surface area contributed by atoms with Crippen LogP contribution in [0, 0.1) is 17.8 Å². The molecule has 1 aliphatic heterocycles. The molecule has 2 N–H and O–H groups in total. The zero-order valence-corrected chi connectivity index (χ0v) is 11.7. The number of amides is 1. The van der Waals surface area contributed by atoms with E-state index in [4.69, 9.17) is 5.73 Å². The number of hydrogen-bond donors (Lipinski definition) is 1. The summed E-state index contributed by atoms with van der Waals surface area (Å²) in [5.74, 6) is 2.06. The lowest BCUT2D eigenvalue weighted by atomic mass is 9.75. The molecule has 0 bridgehead atoms. The molecule has 104 valence electrons. The molecule has 18 heavy (non-hydrogen) atoms. The summed E-state index contributed by atoms with van der Waals surface area (Å²) in [6.45, 7) is 4.62. The molecule has 0 aromatic rings. The van der Waals surface area contributed by atoms with Gasteiger partial charge in [0.1, 0.15) is 0 Å². The minimum Gasteiger partial charge on any atom is -0.342 e. The molecule has 1 amide bonds. The van der Waals surface area contributed by atoms with Gasteiger partial charge in [0, 0.05) is 19.6 Å². The van der Waals surface area contributed by atoms with Crippen molar-refractivity contribution in [2.75, 3.05) is 19.6 Å². The number of nitrogens with two attached hydrogens (primary N) is 1. The second kappa shape index (κ2) is 6.55. The summed E-state index contributed by atoms with van der Waals surface area (Å²) in [7, 11) is 0. The standard InChI is InChI=1S/C15H28N2O/c1-2-5-13(10-16)15(18)17-9-8-12-6-3-4-7-14(12)11-17/h12-14H,2-11,16H2,1H3. The van der Waals surface area contributed by atoms with Gasteiger partial charge in [-0.15, -0.1) is 0 Å². The van der Waals surface area contributed by atoms with E-state index in [9.17, 15) is 4.79 Å². The van der Waals surface area contributed by atoms with E-state index in [1.54, 1.807) is 0 Å². The van der Waals surface area contributed by atoms with Gasteiger partial charge in [0.2, 0.25) is 5.91 Å². The van der Waals surface area contributed by atoms with Crippen LogP contribution in [0.4, 0.5) is 0 Å². The molecule has 0 aromatic heterocycles. The molecule has 3 heteroatoms. The van der Waals surface area contributed by atoms with Crippen LogP contribution in [-0.4, -0.2) is 30.4 Å². The highest BCUT2D eigenvalue weighted by Crippen LogP contribution is 2.36. The molecule has 3 unspecified atom stereocenters. The molecule has 1 saturated carbocycles. The zero-order valence-electron chi connectivity index (χ0n) is 11.7. The van der Waals surface area contributed by atoms with Crippen molar-refractivity contribution in [3.63, 3.8) is 0 Å². The maximum absolute atomic E-state index is 12.4. The third kappa shape index (κ3) is 3.05. The van der Waals surface area contributed by atoms with Crippen LogP contribution < -0.4 is 5.73 Å². The number of piperidine rings is 1. The molecule has 2 rings (SSSR count). The molecule has 3 nitrogen and oxygen atoms in total. The Morgan fingerprint density at radius 2 is 2.00 bits per heavy atom. The van der Waals surface area contributed by atoms with Crippen LogP contribution in [0.3, 0.4) is 0 Å². The molecule has 2 fully saturated rings. The van der Waals surface area contributed by atoms with Crippen molar-refractivity contribution in [2.24, 2.45) is 23.5 Å². The molecule has 1 aliphatic carbocycles. The number of rotatable bonds is 4. The van der Waals surface area contributed by atoms with E-state index in [2.05, 4.69) is 11.8 Å². The number of hydrogen-bond acceptors (Lipinski definition) is 2. The Balaban J connectivity index is 1.91. The Hall–Kier alpha value is -0.570. The smallest absolute Gasteiger partial charge is 0.226 e. The Morgan fingerprint density at radius 3 is 2.67 bits per heavy atom. The largest absolute Gasteiger partial charge is 0.342 e. The average Bonchev–Trinajstić information content (AvgIpc) is 2.43. The number of nitrogens with zero attached hydrogens (tertiary/aromatic N) is 1. The summed E-state index contributed by atoms with van der Waals surface area (Å²) in [6.07, 6.45) is 8.69. The van der Waals surface area contributed by atoms with Crippen molar-refractivity contribution in [3.05, 3.63) is 0 Å². The summed E-state index contributed by atoms with van der Waals surface area (Å²) in [5, 5.41) is 0. The highest BCUT2D eigenvalue weighted by Gasteiger charge is 2.34. The molecule has 2 aliphatic rings. The number of carbonyl (C=O) groups is 1. The van der Waals surface area contributed by atoms with Crippen LogP contribution in [0.2, 0.25) is 0 Å². The number of fused-ring (bicyclic) bond motifs is 1. The van der Waals surface area contributed by atoms with Crippen LogP contribution in [0.25, 0.3) is 0 Å². The van der Waals surface area contributed by atoms with E-state index in [-0.39, 0.29) is 5.92 Å². The quantitative estimate of drug-likeness (QED) is 0.835. The van der Waals surface area contributed by atoms with Gasteiger partial charge in [0.15, 0.2) is 0 Å². The molecule has 0 spiro atoms. The minimum atomic E-state index is 0.0649. The van der Waals surface area contributed by atoms with E-state index in [1.807, 2.05) is 0 Å². The SMILES string of the molecule is CCCC(CN)C(=O)N1CCC2CCCCC2C1. The molecular weight excluding hydrogens is 224 g/mol. The Morgan fingerprint density at radius 1 is 1.28 bits per heavy atom. The number of carbonyl (C=O) groups excluding carboxylic acids is 1. The summed E-state index contributed by atoms with van der Waals surface area (Å²) < 4.78 is 0. The lowest BCUT2D eigenvalue weighted by Crippen LogP contribution is -2.48. The van der Waals surface area contributed by atoms with Gasteiger partial charge in [-0.2, -0.15) is 0 Å². The van der Waals surface area contributed by atoms with Gasteiger partial charge in [-0.1, -0.05) is 32.6 Å². The van der Waals surface area contributed by atoms with Crippen LogP contribution in [0.5, 0.6) is 0 Å². The molecule has 3 atom stereocenters. The lowest BCUT2D eigenvalue weighted by Gasteiger charge is -2.42. The fourth-order valence-corrected chi connectivity index (χ4v) is 3.75. The summed E-state index contributed by atoms with van der Waals surface area (Å²) in [6, 6.07) is 0. The van der Waals surface area contributed by atoms with Crippen LogP contribution >= 0.6 is 0 Å². The topological polar surface area (TPSA) is 46.3 Å². The first-order valence-corrected chi connectivity index (χ1v) is 7.75. The predicted molar refractivity (Wildman–Crippen MR) is 74.1 cm³/mol. The molecule has 0 aromatic carbocycles. The molecule has 1 saturated heterocycles. The number of likely N-dealkylation sites (tertiary alicyclic amines) is 1. The Bertz CT molecular complexity index is 280. The van der Waals surface area contributed by atoms with Crippen LogP contribution in [0.15, 0.2) is 0 Å². The average molecular weight is 252 g/mol. The zero-order chi connectivity index (χ0) is 13.0. The maximum atomic E-state index is 12.4. The fraction of sp³-hybridized carbons (Fsp3) is 0.933. The first kappa shape index (κ1) is 13.9. The van der Waals surface area contributed by atoms with Crippen molar-refractivity contribution >= 4 is 5.91 Å². The van der Waals surface area contributed by atoms with Gasteiger partial charge in [-0.25, -0.2) is 0 Å². The Kier molecular flexibility index (Phi) is 5.04. The highest BCUT2D eigenvalue weighted by molar-refractivity contribution is 5.79. The third-order valence-corrected chi connectivity index (χ3v) is 4.87. The summed E-state index contributed by atoms with van der Waals surface area (Å²) >= 11 is 0. The van der Waals surface area contributed by atoms with Gasteiger partial charge in [-0.3, -0.25) is 4.79 Å². The molecular formula is C15H28N2O. The maximum Gasteiger partial charge on any atom is 0.226 e. The minimum absolute atomic E-state index is 0.0649. The van der Waals surface area contributed by atoms with Crippen LogP contribution in [0.1, 0.15) is 51.9 Å². The molecule has 0 radical (unpaired) electrons. The normalized spacial score (nSPS) is 29.8. The van der Waals surface area contributed by atoms with Crippen molar-refractivity contribution in [1.82, 2.24) is 4.90 Å². The van der Waals surface area contributed by atoms with Gasteiger partial charge in [-0.05, 0) is 31.1 Å². The van der Waals surface area contributed by atoms with Gasteiger partial charge < -0.3 is 10.6 Å². The van der Waals surface area contributed by atoms with Crippen molar-refractivity contribution in [2.45, 2.75) is 51.9 Å². The first-order chi connectivity index (χ1) is 8.76. The first-order valence-electron chi connectivity index (χ1n) is 7.75. The van der Waals surface area contributed by atoms with Crippen molar-refractivity contribution < 1.29 is 4.79 Å². The van der Waals surface area contributed by atoms with Gasteiger partial charge in [0.05, 0.1) is 5.92 Å². The van der Waals surface area contributed by atoms with Gasteiger partial charge >= 0.3 is 0 Å². The van der Waals surface area contributed by atoms with Gasteiger partial charge in [0.25, 0.3) is 0 Å². The molecule has 1 heterocycles. The highest BCUT2D eigenvalue weighted by atomic mass is 16.2. The van der Waals surface area contributed by atoms with E-state index >= 15 is 0 Å². The third-order valence-electron chi connectivity index (χ3n) is 4.87. The monoisotopic (exact) mass is 252 g/mol. The van der Waals surface area contributed by atoms with E-state index in [1.165, 1.54) is 32.1 Å². The fourth-order valence-electron chi connectivity index (χ4n) is 3.75. The van der Waals surface area contributed by atoms with E-state index in [0.717, 1.165) is 37.8 Å². The van der Waals surface area contributed by atoms with Crippen molar-refractivity contribution in [3.8, 4) is 0 Å². The summed E-state index contributed by atoms with van der Waals surface area (Å²) in [5.41, 5.74) is 5.75. The van der Waals surface area contributed by atoms with Crippen molar-refractivity contribution in [1.29, 1.82) is 0 Å². The Labute approximate surface area is 111 Å². The van der Waals surface area contributed by atoms with Crippen LogP contribution in [-0.2, 0) is 4.79 Å². The lowest BCUT2D eigenvalue weighted by molar-refractivity contribution is -0.138. The second-order valence-electron chi connectivity index (χ2n) is 6.10.